The number of nitrogens with one attached hydrogen (secondary N) is 1. The first kappa shape index (κ1) is 16.3. The lowest BCUT2D eigenvalue weighted by atomic mass is 10.1. The predicted molar refractivity (Wildman–Crippen MR) is 90.3 cm³/mol. The fourth-order valence-electron chi connectivity index (χ4n) is 2.43. The zero-order chi connectivity index (χ0) is 17.1. The Morgan fingerprint density at radius 2 is 2.21 bits per heavy atom. The molecule has 6 nitrogen and oxygen atoms in total. The van der Waals surface area contributed by atoms with E-state index in [4.69, 9.17) is 9.15 Å². The number of esters is 1. The van der Waals surface area contributed by atoms with E-state index in [1.807, 2.05) is 12.1 Å². The monoisotopic (exact) mass is 345 g/mol. The van der Waals surface area contributed by atoms with Crippen molar-refractivity contribution in [2.24, 2.45) is 0 Å². The standard InChI is InChI=1S/C17H15NO5S/c1-2-22-15(19)6-4-11-9-23-13-5-3-10(7-12(11)13)8-14-16(20)18-17(21)24-14/h3,5,7-9H,2,4,6H2,1H3,(H,18,20,21)/b14-8-. The number of fused-ring (bicyclic) bond motifs is 1. The first-order chi connectivity index (χ1) is 11.6. The number of thioether (sulfide) groups is 1. The highest BCUT2D eigenvalue weighted by Crippen LogP contribution is 2.28. The van der Waals surface area contributed by atoms with Crippen molar-refractivity contribution in [2.45, 2.75) is 19.8 Å². The average molecular weight is 345 g/mol. The van der Waals surface area contributed by atoms with Crippen molar-refractivity contribution in [1.82, 2.24) is 5.32 Å². The molecular formula is C17H15NO5S. The van der Waals surface area contributed by atoms with Gasteiger partial charge in [-0.05, 0) is 54.4 Å². The Balaban J connectivity index is 1.83. The van der Waals surface area contributed by atoms with Gasteiger partial charge in [-0.1, -0.05) is 6.07 Å². The smallest absolute Gasteiger partial charge is 0.306 e. The molecule has 3 rings (SSSR count). The van der Waals surface area contributed by atoms with Gasteiger partial charge >= 0.3 is 5.97 Å². The van der Waals surface area contributed by atoms with E-state index in [0.717, 1.165) is 28.3 Å². The van der Waals surface area contributed by atoms with Gasteiger partial charge in [-0.25, -0.2) is 0 Å². The molecule has 1 aliphatic rings. The third-order valence-corrected chi connectivity index (χ3v) is 4.33. The van der Waals surface area contributed by atoms with Crippen molar-refractivity contribution in [1.29, 1.82) is 0 Å². The van der Waals surface area contributed by atoms with Crippen LogP contribution >= 0.6 is 11.8 Å². The first-order valence-electron chi connectivity index (χ1n) is 7.47. The van der Waals surface area contributed by atoms with Gasteiger partial charge in [-0.3, -0.25) is 19.7 Å². The van der Waals surface area contributed by atoms with Crippen LogP contribution in [0.25, 0.3) is 17.0 Å². The number of imide groups is 1. The van der Waals surface area contributed by atoms with Crippen LogP contribution in [0.15, 0.2) is 33.8 Å². The summed E-state index contributed by atoms with van der Waals surface area (Å²) in [6.45, 7) is 2.13. The summed E-state index contributed by atoms with van der Waals surface area (Å²) >= 11 is 0.877. The summed E-state index contributed by atoms with van der Waals surface area (Å²) in [4.78, 5) is 34.7. The summed E-state index contributed by atoms with van der Waals surface area (Å²) in [6.07, 6.45) is 4.08. The van der Waals surface area contributed by atoms with E-state index in [1.165, 1.54) is 0 Å². The highest BCUT2D eigenvalue weighted by molar-refractivity contribution is 8.18. The highest BCUT2D eigenvalue weighted by atomic mass is 32.2. The number of rotatable bonds is 5. The van der Waals surface area contributed by atoms with Crippen LogP contribution in [0.4, 0.5) is 4.79 Å². The molecule has 124 valence electrons. The quantitative estimate of drug-likeness (QED) is 0.661. The Labute approximate surface area is 142 Å². The van der Waals surface area contributed by atoms with Crippen LogP contribution in [0.3, 0.4) is 0 Å². The van der Waals surface area contributed by atoms with E-state index in [1.54, 1.807) is 25.3 Å². The van der Waals surface area contributed by atoms with Crippen LogP contribution in [0.1, 0.15) is 24.5 Å². The molecule has 1 N–H and O–H groups in total. The maximum atomic E-state index is 11.6. The molecule has 2 amide bonds. The van der Waals surface area contributed by atoms with E-state index in [2.05, 4.69) is 5.32 Å². The number of aryl methyl sites for hydroxylation is 1. The summed E-state index contributed by atoms with van der Waals surface area (Å²) in [5.41, 5.74) is 2.39. The molecule has 0 radical (unpaired) electrons. The summed E-state index contributed by atoms with van der Waals surface area (Å²) < 4.78 is 10.4. The van der Waals surface area contributed by atoms with E-state index in [9.17, 15) is 14.4 Å². The van der Waals surface area contributed by atoms with Crippen molar-refractivity contribution in [3.05, 3.63) is 40.5 Å². The lowest BCUT2D eigenvalue weighted by Crippen LogP contribution is -2.17. The summed E-state index contributed by atoms with van der Waals surface area (Å²) in [6, 6.07) is 5.49. The third kappa shape index (κ3) is 3.51. The third-order valence-electron chi connectivity index (χ3n) is 3.52. The van der Waals surface area contributed by atoms with Crippen molar-refractivity contribution >= 4 is 45.9 Å². The van der Waals surface area contributed by atoms with Crippen LogP contribution in [-0.2, 0) is 20.7 Å². The highest BCUT2D eigenvalue weighted by Gasteiger charge is 2.25. The van der Waals surface area contributed by atoms with Gasteiger partial charge in [0.1, 0.15) is 5.58 Å². The number of carbonyl (C=O) groups is 3. The van der Waals surface area contributed by atoms with Gasteiger partial charge in [0, 0.05) is 11.8 Å². The van der Waals surface area contributed by atoms with Gasteiger partial charge in [0.05, 0.1) is 17.8 Å². The number of furan rings is 1. The van der Waals surface area contributed by atoms with Crippen LogP contribution < -0.4 is 5.32 Å². The molecule has 2 heterocycles. The molecule has 1 aromatic heterocycles. The summed E-state index contributed by atoms with van der Waals surface area (Å²) in [5.74, 6) is -0.637. The molecule has 1 fully saturated rings. The number of benzene rings is 1. The Morgan fingerprint density at radius 1 is 1.38 bits per heavy atom. The normalized spacial score (nSPS) is 16.0. The molecule has 24 heavy (non-hydrogen) atoms. The zero-order valence-electron chi connectivity index (χ0n) is 13.0. The minimum atomic E-state index is -0.389. The second-order valence-electron chi connectivity index (χ2n) is 5.17. The second-order valence-corrected chi connectivity index (χ2v) is 6.19. The number of amides is 2. The molecule has 2 aromatic rings. The van der Waals surface area contributed by atoms with E-state index in [0.29, 0.717) is 23.5 Å². The SMILES string of the molecule is CCOC(=O)CCc1coc2ccc(/C=C3\SC(=O)NC3=O)cc12. The van der Waals surface area contributed by atoms with Gasteiger partial charge in [-0.15, -0.1) is 0 Å². The number of hydrogen-bond acceptors (Lipinski definition) is 6. The molecule has 1 saturated heterocycles. The Kier molecular flexibility index (Phi) is 4.71. The Hall–Kier alpha value is -2.54. The van der Waals surface area contributed by atoms with Crippen molar-refractivity contribution in [3.63, 3.8) is 0 Å². The minimum absolute atomic E-state index is 0.248. The molecule has 0 unspecified atom stereocenters. The van der Waals surface area contributed by atoms with Crippen molar-refractivity contribution in [2.75, 3.05) is 6.61 Å². The summed E-state index contributed by atoms with van der Waals surface area (Å²) in [7, 11) is 0. The fraction of sp³-hybridized carbons (Fsp3) is 0.235. The second kappa shape index (κ2) is 6.92. The minimum Gasteiger partial charge on any atom is -0.466 e. The van der Waals surface area contributed by atoms with Gasteiger partial charge < -0.3 is 9.15 Å². The van der Waals surface area contributed by atoms with Crippen LogP contribution in [0, 0.1) is 0 Å². The lowest BCUT2D eigenvalue weighted by Gasteiger charge is -2.01. The largest absolute Gasteiger partial charge is 0.466 e. The number of hydrogen-bond donors (Lipinski definition) is 1. The van der Waals surface area contributed by atoms with E-state index < -0.39 is 0 Å². The van der Waals surface area contributed by atoms with E-state index >= 15 is 0 Å². The molecule has 0 atom stereocenters. The maximum absolute atomic E-state index is 11.6. The van der Waals surface area contributed by atoms with E-state index in [-0.39, 0.29) is 23.5 Å². The van der Waals surface area contributed by atoms with Gasteiger partial charge in [0.2, 0.25) is 0 Å². The Bertz CT molecular complexity index is 852. The van der Waals surface area contributed by atoms with Crippen molar-refractivity contribution in [3.8, 4) is 0 Å². The topological polar surface area (TPSA) is 85.6 Å². The molecule has 0 aliphatic carbocycles. The molecule has 1 aromatic carbocycles. The average Bonchev–Trinajstić information content (AvgIpc) is 3.08. The molecule has 0 saturated carbocycles. The van der Waals surface area contributed by atoms with Crippen LogP contribution in [0.2, 0.25) is 0 Å². The molecule has 0 bridgehead atoms. The molecule has 1 aliphatic heterocycles. The fourth-order valence-corrected chi connectivity index (χ4v) is 3.11. The van der Waals surface area contributed by atoms with Crippen molar-refractivity contribution < 1.29 is 23.5 Å². The lowest BCUT2D eigenvalue weighted by molar-refractivity contribution is -0.143. The predicted octanol–water partition coefficient (Wildman–Crippen LogP) is 3.25. The molecule has 7 heteroatoms. The van der Waals surface area contributed by atoms with Crippen LogP contribution in [0.5, 0.6) is 0 Å². The molecule has 0 spiro atoms. The van der Waals surface area contributed by atoms with Gasteiger partial charge in [-0.2, -0.15) is 0 Å². The number of ether oxygens (including phenoxy) is 1. The Morgan fingerprint density at radius 3 is 2.92 bits per heavy atom. The molecular weight excluding hydrogens is 330 g/mol. The van der Waals surface area contributed by atoms with Crippen LogP contribution in [-0.4, -0.2) is 23.7 Å². The van der Waals surface area contributed by atoms with Gasteiger partial charge in [0.15, 0.2) is 0 Å². The first-order valence-corrected chi connectivity index (χ1v) is 8.29. The maximum Gasteiger partial charge on any atom is 0.306 e. The zero-order valence-corrected chi connectivity index (χ0v) is 13.8. The number of carbonyl (C=O) groups excluding carboxylic acids is 3. The van der Waals surface area contributed by atoms with Gasteiger partial charge in [0.25, 0.3) is 11.1 Å². The summed E-state index contributed by atoms with van der Waals surface area (Å²) in [5, 5.41) is 2.73.